The minimum Gasteiger partial charge on any atom is -0.366 e. The average molecular weight is 301 g/mol. The first kappa shape index (κ1) is 16.6. The van der Waals surface area contributed by atoms with E-state index in [4.69, 9.17) is 0 Å². The fraction of sp³-hybridized carbons (Fsp3) is 0.750. The summed E-state index contributed by atoms with van der Waals surface area (Å²) < 4.78 is 1.51. The number of nitrogens with one attached hydrogen (secondary N) is 2. The Labute approximate surface area is 125 Å². The molecular weight excluding hydrogens is 278 g/mol. The van der Waals surface area contributed by atoms with Crippen LogP contribution in [0.3, 0.4) is 0 Å². The molecule has 20 heavy (non-hydrogen) atoms. The Kier molecular flexibility index (Phi) is 6.12. The largest absolute Gasteiger partial charge is 0.366 e. The second-order valence-corrected chi connectivity index (χ2v) is 5.03. The zero-order valence-corrected chi connectivity index (χ0v) is 13.3. The fourth-order valence-corrected chi connectivity index (χ4v) is 2.20. The van der Waals surface area contributed by atoms with Crippen LogP contribution in [0.5, 0.6) is 0 Å². The van der Waals surface area contributed by atoms with Crippen LogP contribution in [0.1, 0.15) is 40.5 Å². The van der Waals surface area contributed by atoms with Gasteiger partial charge in [-0.3, -0.25) is 19.4 Å². The van der Waals surface area contributed by atoms with Gasteiger partial charge in [0.25, 0.3) is 0 Å². The Morgan fingerprint density at radius 1 is 1.50 bits per heavy atom. The van der Waals surface area contributed by atoms with Crippen molar-refractivity contribution in [2.75, 3.05) is 6.54 Å². The van der Waals surface area contributed by atoms with Gasteiger partial charge in [-0.1, -0.05) is 26.7 Å². The fourth-order valence-electron chi connectivity index (χ4n) is 1.99. The Morgan fingerprint density at radius 2 is 2.10 bits per heavy atom. The first-order chi connectivity index (χ1) is 9.46. The number of hydrogen-bond acceptors (Lipinski definition) is 6. The van der Waals surface area contributed by atoms with Crippen LogP contribution in [0.2, 0.25) is 0 Å². The molecule has 0 aromatic heterocycles. The summed E-state index contributed by atoms with van der Waals surface area (Å²) >= 11 is 4.34. The molecule has 1 rings (SSSR count). The lowest BCUT2D eigenvalue weighted by Crippen LogP contribution is -2.52. The molecule has 0 spiro atoms. The quantitative estimate of drug-likeness (QED) is 0.395. The van der Waals surface area contributed by atoms with E-state index in [0.29, 0.717) is 18.2 Å². The Morgan fingerprint density at radius 3 is 2.55 bits per heavy atom. The molecule has 1 heterocycles. The van der Waals surface area contributed by atoms with Gasteiger partial charge < -0.3 is 10.6 Å². The first-order valence-electron chi connectivity index (χ1n) is 6.91. The van der Waals surface area contributed by atoms with Gasteiger partial charge in [-0.15, -0.1) is 0 Å². The van der Waals surface area contributed by atoms with E-state index in [-0.39, 0.29) is 17.9 Å². The topological polar surface area (TPSA) is 82.8 Å². The summed E-state index contributed by atoms with van der Waals surface area (Å²) in [6, 6.07) is 0.0581. The van der Waals surface area contributed by atoms with Crippen molar-refractivity contribution in [3.63, 3.8) is 0 Å². The lowest BCUT2D eigenvalue weighted by molar-refractivity contribution is -0.418. The summed E-state index contributed by atoms with van der Waals surface area (Å²) in [7, 11) is 0. The third-order valence-electron chi connectivity index (χ3n) is 3.17. The maximum atomic E-state index is 11.4. The van der Waals surface area contributed by atoms with Crippen molar-refractivity contribution >= 4 is 18.7 Å². The molecule has 1 aliphatic heterocycles. The van der Waals surface area contributed by atoms with E-state index < -0.39 is 4.92 Å². The van der Waals surface area contributed by atoms with Gasteiger partial charge >= 0.3 is 5.70 Å². The molecule has 0 aromatic carbocycles. The van der Waals surface area contributed by atoms with E-state index in [9.17, 15) is 10.1 Å². The zero-order valence-electron chi connectivity index (χ0n) is 12.4. The number of nitrogens with zero attached hydrogens (tertiary/aromatic N) is 3. The van der Waals surface area contributed by atoms with Crippen LogP contribution in [0.15, 0.2) is 16.5 Å². The highest BCUT2D eigenvalue weighted by Gasteiger charge is 2.37. The van der Waals surface area contributed by atoms with E-state index >= 15 is 0 Å². The van der Waals surface area contributed by atoms with Gasteiger partial charge in [0, 0.05) is 6.54 Å². The predicted molar refractivity (Wildman–Crippen MR) is 82.9 cm³/mol. The summed E-state index contributed by atoms with van der Waals surface area (Å²) in [5.74, 6) is 0.717. The van der Waals surface area contributed by atoms with Crippen molar-refractivity contribution in [1.29, 1.82) is 0 Å². The van der Waals surface area contributed by atoms with E-state index in [0.717, 1.165) is 12.8 Å². The summed E-state index contributed by atoms with van der Waals surface area (Å²) in [4.78, 5) is 15.5. The SMILES string of the molecule is CCNC1=C([N+](=O)[O-])C(=NC(CC)CC)N(S)C(C)N1. The summed E-state index contributed by atoms with van der Waals surface area (Å²) in [6.45, 7) is 8.40. The van der Waals surface area contributed by atoms with Crippen LogP contribution in [-0.4, -0.2) is 33.8 Å². The van der Waals surface area contributed by atoms with E-state index in [1.807, 2.05) is 27.7 Å². The minimum atomic E-state index is -0.415. The molecule has 0 radical (unpaired) electrons. The lowest BCUT2D eigenvalue weighted by atomic mass is 10.2. The number of rotatable bonds is 6. The molecule has 0 saturated heterocycles. The monoisotopic (exact) mass is 301 g/mol. The molecule has 0 fully saturated rings. The molecule has 1 unspecified atom stereocenters. The smallest absolute Gasteiger partial charge is 0.351 e. The average Bonchev–Trinajstić information content (AvgIpc) is 2.40. The van der Waals surface area contributed by atoms with E-state index in [1.165, 1.54) is 4.31 Å². The molecular formula is C12H23N5O2S. The van der Waals surface area contributed by atoms with Crippen LogP contribution in [0.4, 0.5) is 0 Å². The van der Waals surface area contributed by atoms with Crippen molar-refractivity contribution < 1.29 is 4.92 Å². The second-order valence-electron chi connectivity index (χ2n) is 4.60. The van der Waals surface area contributed by atoms with Crippen molar-refractivity contribution in [2.45, 2.75) is 52.7 Å². The number of hydrogen-bond donors (Lipinski definition) is 3. The molecule has 0 aliphatic carbocycles. The van der Waals surface area contributed by atoms with Crippen molar-refractivity contribution in [2.24, 2.45) is 4.99 Å². The normalized spacial score (nSPS) is 21.4. The Hall–Kier alpha value is -1.44. The molecule has 1 atom stereocenters. The van der Waals surface area contributed by atoms with E-state index in [2.05, 4.69) is 28.4 Å². The number of thiol groups is 1. The molecule has 114 valence electrons. The third kappa shape index (κ3) is 3.56. The summed E-state index contributed by atoms with van der Waals surface area (Å²) in [6.07, 6.45) is 1.50. The molecule has 0 aromatic rings. The second kappa shape index (κ2) is 7.37. The summed E-state index contributed by atoms with van der Waals surface area (Å²) in [5, 5.41) is 17.4. The minimum absolute atomic E-state index is 0.0492. The molecule has 0 amide bonds. The van der Waals surface area contributed by atoms with Gasteiger partial charge in [-0.25, -0.2) is 0 Å². The highest BCUT2D eigenvalue weighted by atomic mass is 32.1. The van der Waals surface area contributed by atoms with Crippen LogP contribution >= 0.6 is 12.8 Å². The van der Waals surface area contributed by atoms with Gasteiger partial charge in [-0.2, -0.15) is 0 Å². The van der Waals surface area contributed by atoms with Gasteiger partial charge in [0.15, 0.2) is 5.82 Å². The van der Waals surface area contributed by atoms with Crippen LogP contribution in [0, 0.1) is 10.1 Å². The predicted octanol–water partition coefficient (Wildman–Crippen LogP) is 1.72. The maximum absolute atomic E-state index is 11.4. The van der Waals surface area contributed by atoms with Gasteiger partial charge in [0.05, 0.1) is 11.0 Å². The van der Waals surface area contributed by atoms with Crippen LogP contribution < -0.4 is 10.6 Å². The summed E-state index contributed by atoms with van der Waals surface area (Å²) in [5.41, 5.74) is -0.0492. The molecule has 1 aliphatic rings. The highest BCUT2D eigenvalue weighted by Crippen LogP contribution is 2.20. The zero-order chi connectivity index (χ0) is 15.3. The maximum Gasteiger partial charge on any atom is 0.351 e. The number of aliphatic imine (C=N–C) groups is 1. The molecule has 2 N–H and O–H groups in total. The van der Waals surface area contributed by atoms with Crippen molar-refractivity contribution in [3.05, 3.63) is 21.6 Å². The lowest BCUT2D eigenvalue weighted by Gasteiger charge is -2.33. The van der Waals surface area contributed by atoms with Crippen molar-refractivity contribution in [3.8, 4) is 0 Å². The standard InChI is InChI=1S/C12H23N5O2S/c1-5-9(6-2)15-12-10(17(18)19)11(13-7-3)14-8(4)16(12)20/h8-9,13-14,20H,5-7H2,1-4H3. The van der Waals surface area contributed by atoms with Gasteiger partial charge in [-0.05, 0) is 26.7 Å². The van der Waals surface area contributed by atoms with Crippen LogP contribution in [-0.2, 0) is 0 Å². The molecule has 0 bridgehead atoms. The Balaban J connectivity index is 3.32. The number of nitro groups is 1. The van der Waals surface area contributed by atoms with Gasteiger partial charge in [0.2, 0.25) is 5.84 Å². The van der Waals surface area contributed by atoms with Crippen molar-refractivity contribution in [1.82, 2.24) is 14.9 Å². The van der Waals surface area contributed by atoms with Crippen LogP contribution in [0.25, 0.3) is 0 Å². The highest BCUT2D eigenvalue weighted by molar-refractivity contribution is 7.78. The third-order valence-corrected chi connectivity index (χ3v) is 3.71. The van der Waals surface area contributed by atoms with E-state index in [1.54, 1.807) is 0 Å². The molecule has 7 nitrogen and oxygen atoms in total. The van der Waals surface area contributed by atoms with Gasteiger partial charge in [0.1, 0.15) is 6.17 Å². The first-order valence-corrected chi connectivity index (χ1v) is 7.31. The number of amidine groups is 1. The molecule has 8 heteroatoms. The Bertz CT molecular complexity index is 420. The molecule has 0 saturated carbocycles.